The van der Waals surface area contributed by atoms with Gasteiger partial charge in [0.05, 0.1) is 18.6 Å². The lowest BCUT2D eigenvalue weighted by atomic mass is 10.1. The Labute approximate surface area is 169 Å². The number of para-hydroxylation sites is 1. The Hall–Kier alpha value is -3.61. The zero-order valence-electron chi connectivity index (χ0n) is 16.3. The molecule has 1 unspecified atom stereocenters. The highest BCUT2D eigenvalue weighted by Crippen LogP contribution is 2.36. The molecular formula is C22H21N4O3-. The van der Waals surface area contributed by atoms with Crippen molar-refractivity contribution in [3.05, 3.63) is 71.4 Å². The number of carboxylic acids is 1. The molecule has 7 nitrogen and oxygen atoms in total. The summed E-state index contributed by atoms with van der Waals surface area (Å²) in [5, 5.41) is 14.7. The van der Waals surface area contributed by atoms with E-state index >= 15 is 0 Å². The highest BCUT2D eigenvalue weighted by atomic mass is 16.5. The van der Waals surface area contributed by atoms with Crippen LogP contribution in [0.4, 0.5) is 17.5 Å². The Bertz CT molecular complexity index is 1040. The molecule has 1 aliphatic heterocycles. The normalized spacial score (nSPS) is 15.1. The van der Waals surface area contributed by atoms with Crippen molar-refractivity contribution in [2.24, 2.45) is 0 Å². The van der Waals surface area contributed by atoms with Crippen molar-refractivity contribution in [3.63, 3.8) is 0 Å². The zero-order chi connectivity index (χ0) is 20.4. The van der Waals surface area contributed by atoms with E-state index in [-0.39, 0.29) is 17.4 Å². The Kier molecular flexibility index (Phi) is 5.03. The molecule has 2 heterocycles. The number of hydrogen-bond acceptors (Lipinski definition) is 7. The maximum absolute atomic E-state index is 11.6. The second-order valence-electron chi connectivity index (χ2n) is 6.97. The van der Waals surface area contributed by atoms with Gasteiger partial charge in [0.15, 0.2) is 0 Å². The Morgan fingerprint density at radius 1 is 1.24 bits per heavy atom. The minimum Gasteiger partial charge on any atom is -0.545 e. The van der Waals surface area contributed by atoms with E-state index in [0.29, 0.717) is 12.5 Å². The van der Waals surface area contributed by atoms with E-state index in [1.54, 1.807) is 7.11 Å². The van der Waals surface area contributed by atoms with Gasteiger partial charge in [0.2, 0.25) is 5.95 Å². The van der Waals surface area contributed by atoms with Gasteiger partial charge in [0.25, 0.3) is 0 Å². The van der Waals surface area contributed by atoms with Crippen molar-refractivity contribution in [1.82, 2.24) is 9.97 Å². The van der Waals surface area contributed by atoms with Crippen molar-refractivity contribution in [2.75, 3.05) is 17.3 Å². The van der Waals surface area contributed by atoms with Crippen LogP contribution in [0.2, 0.25) is 0 Å². The van der Waals surface area contributed by atoms with Crippen molar-refractivity contribution >= 4 is 23.4 Å². The fourth-order valence-electron chi connectivity index (χ4n) is 3.57. The Morgan fingerprint density at radius 2 is 2.00 bits per heavy atom. The lowest BCUT2D eigenvalue weighted by Crippen LogP contribution is -2.28. The lowest BCUT2D eigenvalue weighted by Gasteiger charge is -2.24. The summed E-state index contributed by atoms with van der Waals surface area (Å²) in [5.74, 6) is 0.144. The molecule has 0 spiro atoms. The second-order valence-corrected chi connectivity index (χ2v) is 6.97. The molecule has 0 radical (unpaired) electrons. The van der Waals surface area contributed by atoms with Crippen molar-refractivity contribution < 1.29 is 14.6 Å². The van der Waals surface area contributed by atoms with Gasteiger partial charge >= 0.3 is 0 Å². The SMILES string of the molecule is COc1ccc(CNc2nc(N3c4ccccc4CC3C)ncc2C(=O)[O-])cc1. The first kappa shape index (κ1) is 18.7. The van der Waals surface area contributed by atoms with Crippen LogP contribution in [-0.2, 0) is 13.0 Å². The number of aromatic nitrogens is 2. The number of fused-ring (bicyclic) bond motifs is 1. The maximum atomic E-state index is 11.6. The van der Waals surface area contributed by atoms with Gasteiger partial charge in [-0.15, -0.1) is 0 Å². The summed E-state index contributed by atoms with van der Waals surface area (Å²) in [6.45, 7) is 2.51. The van der Waals surface area contributed by atoms with Crippen LogP contribution in [0, 0.1) is 0 Å². The number of aromatic carboxylic acids is 1. The molecule has 29 heavy (non-hydrogen) atoms. The predicted molar refractivity (Wildman–Crippen MR) is 108 cm³/mol. The van der Waals surface area contributed by atoms with E-state index in [2.05, 4.69) is 28.3 Å². The number of carboxylic acid groups (broad SMARTS) is 1. The van der Waals surface area contributed by atoms with Gasteiger partial charge in [-0.1, -0.05) is 30.3 Å². The molecule has 4 rings (SSSR count). The molecule has 0 saturated heterocycles. The predicted octanol–water partition coefficient (Wildman–Crippen LogP) is 2.54. The van der Waals surface area contributed by atoms with E-state index in [9.17, 15) is 9.90 Å². The highest BCUT2D eigenvalue weighted by Gasteiger charge is 2.29. The quantitative estimate of drug-likeness (QED) is 0.693. The number of methoxy groups -OCH3 is 1. The molecule has 2 aromatic carbocycles. The Morgan fingerprint density at radius 3 is 2.72 bits per heavy atom. The third-order valence-corrected chi connectivity index (χ3v) is 5.04. The van der Waals surface area contributed by atoms with Gasteiger partial charge in [-0.05, 0) is 42.7 Å². The van der Waals surface area contributed by atoms with Crippen LogP contribution in [0.5, 0.6) is 5.75 Å². The first-order valence-electron chi connectivity index (χ1n) is 9.39. The van der Waals surface area contributed by atoms with E-state index in [1.165, 1.54) is 11.8 Å². The monoisotopic (exact) mass is 389 g/mol. The second kappa shape index (κ2) is 7.79. The fourth-order valence-corrected chi connectivity index (χ4v) is 3.57. The van der Waals surface area contributed by atoms with Crippen molar-refractivity contribution in [1.29, 1.82) is 0 Å². The number of anilines is 3. The maximum Gasteiger partial charge on any atom is 0.232 e. The van der Waals surface area contributed by atoms with Crippen LogP contribution in [0.15, 0.2) is 54.7 Å². The standard InChI is InChI=1S/C22H22N4O3/c1-14-11-16-5-3-4-6-19(16)26(14)22-24-13-18(21(27)28)20(25-22)23-12-15-7-9-17(29-2)10-8-15/h3-10,13-14H,11-12H2,1-2H3,(H,27,28)(H,23,24,25)/p-1. The summed E-state index contributed by atoms with van der Waals surface area (Å²) >= 11 is 0. The minimum atomic E-state index is -1.32. The van der Waals surface area contributed by atoms with E-state index < -0.39 is 5.97 Å². The van der Waals surface area contributed by atoms with Crippen molar-refractivity contribution in [2.45, 2.75) is 25.9 Å². The molecule has 0 amide bonds. The third kappa shape index (κ3) is 3.71. The largest absolute Gasteiger partial charge is 0.545 e. The molecule has 1 aliphatic rings. The summed E-state index contributed by atoms with van der Waals surface area (Å²) in [5.41, 5.74) is 3.17. The molecular weight excluding hydrogens is 368 g/mol. The number of carbonyl (C=O) groups is 1. The number of hydrogen-bond donors (Lipinski definition) is 1. The van der Waals surface area contributed by atoms with Crippen molar-refractivity contribution in [3.8, 4) is 5.75 Å². The number of nitrogens with one attached hydrogen (secondary N) is 1. The number of carbonyl (C=O) groups excluding carboxylic acids is 1. The van der Waals surface area contributed by atoms with Gasteiger partial charge in [-0.3, -0.25) is 0 Å². The smallest absolute Gasteiger partial charge is 0.232 e. The summed E-state index contributed by atoms with van der Waals surface area (Å²) in [7, 11) is 1.61. The minimum absolute atomic E-state index is 0.0672. The molecule has 0 aliphatic carbocycles. The van der Waals surface area contributed by atoms with E-state index in [4.69, 9.17) is 4.74 Å². The molecule has 148 valence electrons. The molecule has 0 fully saturated rings. The van der Waals surface area contributed by atoms with Gasteiger partial charge in [0.1, 0.15) is 11.6 Å². The van der Waals surface area contributed by atoms with Crippen LogP contribution < -0.4 is 20.1 Å². The molecule has 1 aromatic heterocycles. The average Bonchev–Trinajstić information content (AvgIpc) is 3.08. The summed E-state index contributed by atoms with van der Waals surface area (Å²) in [6, 6.07) is 15.8. The van der Waals surface area contributed by atoms with Crippen LogP contribution in [0.25, 0.3) is 0 Å². The van der Waals surface area contributed by atoms with Crippen LogP contribution >= 0.6 is 0 Å². The van der Waals surface area contributed by atoms with E-state index in [1.807, 2.05) is 47.4 Å². The topological polar surface area (TPSA) is 90.4 Å². The zero-order valence-corrected chi connectivity index (χ0v) is 16.3. The first-order chi connectivity index (χ1) is 14.1. The number of benzene rings is 2. The Balaban J connectivity index is 1.63. The summed E-state index contributed by atoms with van der Waals surface area (Å²) in [6.07, 6.45) is 2.19. The van der Waals surface area contributed by atoms with Crippen LogP contribution in [-0.4, -0.2) is 29.1 Å². The average molecular weight is 389 g/mol. The fraction of sp³-hybridized carbons (Fsp3) is 0.227. The highest BCUT2D eigenvalue weighted by molar-refractivity contribution is 5.91. The molecule has 1 N–H and O–H groups in total. The first-order valence-corrected chi connectivity index (χ1v) is 9.39. The van der Waals surface area contributed by atoms with Crippen LogP contribution in [0.3, 0.4) is 0 Å². The molecule has 1 atom stereocenters. The molecule has 3 aromatic rings. The summed E-state index contributed by atoms with van der Waals surface area (Å²) in [4.78, 5) is 22.4. The number of nitrogens with zero attached hydrogens (tertiary/aromatic N) is 3. The molecule has 0 saturated carbocycles. The van der Waals surface area contributed by atoms with Gasteiger partial charge in [-0.25, -0.2) is 4.98 Å². The van der Waals surface area contributed by atoms with Gasteiger partial charge < -0.3 is 24.9 Å². The number of ether oxygens (including phenoxy) is 1. The molecule has 7 heteroatoms. The van der Waals surface area contributed by atoms with Crippen LogP contribution in [0.1, 0.15) is 28.4 Å². The lowest BCUT2D eigenvalue weighted by molar-refractivity contribution is -0.255. The van der Waals surface area contributed by atoms with Gasteiger partial charge in [0, 0.05) is 24.5 Å². The van der Waals surface area contributed by atoms with E-state index in [0.717, 1.165) is 23.4 Å². The van der Waals surface area contributed by atoms with Gasteiger partial charge in [-0.2, -0.15) is 4.98 Å². The number of rotatable bonds is 6. The summed E-state index contributed by atoms with van der Waals surface area (Å²) < 4.78 is 5.16. The third-order valence-electron chi connectivity index (χ3n) is 5.04. The molecule has 0 bridgehead atoms.